The van der Waals surface area contributed by atoms with Gasteiger partial charge in [-0.15, -0.1) is 0 Å². The van der Waals surface area contributed by atoms with Gasteiger partial charge in [0.15, 0.2) is 0 Å². The maximum absolute atomic E-state index is 12.3. The van der Waals surface area contributed by atoms with Gasteiger partial charge < -0.3 is 15.8 Å². The minimum Gasteiger partial charge on any atom is -0.399 e. The molecule has 106 valence electrons. The van der Waals surface area contributed by atoms with Crippen LogP contribution in [0, 0.1) is 5.92 Å². The fourth-order valence-electron chi connectivity index (χ4n) is 1.86. The lowest BCUT2D eigenvalue weighted by molar-refractivity contribution is -0.125. The maximum atomic E-state index is 12.3. The van der Waals surface area contributed by atoms with Crippen molar-refractivity contribution in [3.05, 3.63) is 29.8 Å². The van der Waals surface area contributed by atoms with Crippen molar-refractivity contribution in [1.82, 2.24) is 5.32 Å². The van der Waals surface area contributed by atoms with Gasteiger partial charge in [0.2, 0.25) is 5.91 Å². The van der Waals surface area contributed by atoms with Crippen LogP contribution in [0.2, 0.25) is 0 Å². The molecule has 0 saturated carbocycles. The van der Waals surface area contributed by atoms with Gasteiger partial charge >= 0.3 is 0 Å². The van der Waals surface area contributed by atoms with Crippen LogP contribution in [0.5, 0.6) is 0 Å². The summed E-state index contributed by atoms with van der Waals surface area (Å²) in [5.74, 6) is 0.316. The average Bonchev–Trinajstić information content (AvgIpc) is 2.36. The lowest BCUT2D eigenvalue weighted by Crippen LogP contribution is -2.42. The Morgan fingerprint density at radius 2 is 1.95 bits per heavy atom. The predicted molar refractivity (Wildman–Crippen MR) is 77.9 cm³/mol. The average molecular weight is 264 g/mol. The second-order valence-corrected chi connectivity index (χ2v) is 5.52. The van der Waals surface area contributed by atoms with Gasteiger partial charge in [0.05, 0.1) is 12.0 Å². The summed E-state index contributed by atoms with van der Waals surface area (Å²) in [6.07, 6.45) is 0. The van der Waals surface area contributed by atoms with E-state index in [0.29, 0.717) is 24.8 Å². The van der Waals surface area contributed by atoms with Crippen molar-refractivity contribution in [1.29, 1.82) is 0 Å². The summed E-state index contributed by atoms with van der Waals surface area (Å²) in [6, 6.07) is 7.43. The quantitative estimate of drug-likeness (QED) is 0.772. The first kappa shape index (κ1) is 15.5. The topological polar surface area (TPSA) is 64.3 Å². The highest BCUT2D eigenvalue weighted by Gasteiger charge is 2.29. The van der Waals surface area contributed by atoms with E-state index in [-0.39, 0.29) is 5.91 Å². The first-order valence-corrected chi connectivity index (χ1v) is 6.51. The molecule has 0 aliphatic heterocycles. The van der Waals surface area contributed by atoms with E-state index in [1.807, 2.05) is 45.0 Å². The van der Waals surface area contributed by atoms with Crippen molar-refractivity contribution in [2.45, 2.75) is 26.2 Å². The number of nitrogens with two attached hydrogens (primary N) is 1. The molecule has 0 fully saturated rings. The Kier molecular flexibility index (Phi) is 5.36. The van der Waals surface area contributed by atoms with E-state index in [4.69, 9.17) is 10.5 Å². The van der Waals surface area contributed by atoms with Crippen molar-refractivity contribution >= 4 is 11.6 Å². The second kappa shape index (κ2) is 6.57. The fraction of sp³-hybridized carbons (Fsp3) is 0.533. The Labute approximate surface area is 115 Å². The van der Waals surface area contributed by atoms with Gasteiger partial charge in [-0.05, 0) is 37.5 Å². The number of hydrogen-bond acceptors (Lipinski definition) is 3. The zero-order valence-corrected chi connectivity index (χ0v) is 12.2. The summed E-state index contributed by atoms with van der Waals surface area (Å²) in [5.41, 5.74) is 6.75. The molecule has 0 radical (unpaired) electrons. The smallest absolute Gasteiger partial charge is 0.230 e. The number of ether oxygens (including phenoxy) is 1. The second-order valence-electron chi connectivity index (χ2n) is 5.52. The number of carbonyl (C=O) groups is 1. The monoisotopic (exact) mass is 264 g/mol. The van der Waals surface area contributed by atoms with Crippen LogP contribution in [0.15, 0.2) is 24.3 Å². The molecule has 0 spiro atoms. The van der Waals surface area contributed by atoms with E-state index in [1.165, 1.54) is 0 Å². The minimum atomic E-state index is -0.569. The van der Waals surface area contributed by atoms with E-state index in [0.717, 1.165) is 5.56 Å². The first-order chi connectivity index (χ1) is 8.87. The van der Waals surface area contributed by atoms with Crippen LogP contribution in [-0.4, -0.2) is 26.2 Å². The summed E-state index contributed by atoms with van der Waals surface area (Å²) in [6.45, 7) is 7.12. The lowest BCUT2D eigenvalue weighted by Gasteiger charge is -2.25. The van der Waals surface area contributed by atoms with Gasteiger partial charge in [-0.1, -0.05) is 19.1 Å². The van der Waals surface area contributed by atoms with Crippen molar-refractivity contribution in [3.63, 3.8) is 0 Å². The Balaban J connectivity index is 2.66. The maximum Gasteiger partial charge on any atom is 0.230 e. The standard InChI is InChI=1S/C15H24N2O2/c1-11(10-19-4)9-17-14(18)15(2,3)12-5-7-13(16)8-6-12/h5-8,11H,9-10,16H2,1-4H3,(H,17,18). The molecule has 1 aromatic carbocycles. The zero-order valence-electron chi connectivity index (χ0n) is 12.2. The molecular formula is C15H24N2O2. The Hall–Kier alpha value is -1.55. The number of carbonyl (C=O) groups excluding carboxylic acids is 1. The molecule has 1 unspecified atom stereocenters. The number of anilines is 1. The van der Waals surface area contributed by atoms with Crippen LogP contribution < -0.4 is 11.1 Å². The van der Waals surface area contributed by atoms with Crippen LogP contribution >= 0.6 is 0 Å². The highest BCUT2D eigenvalue weighted by atomic mass is 16.5. The third kappa shape index (κ3) is 4.24. The van der Waals surface area contributed by atoms with E-state index < -0.39 is 5.41 Å². The third-order valence-corrected chi connectivity index (χ3v) is 3.26. The number of rotatable bonds is 6. The number of methoxy groups -OCH3 is 1. The molecule has 0 aliphatic carbocycles. The Morgan fingerprint density at radius 1 is 1.37 bits per heavy atom. The van der Waals surface area contributed by atoms with Gasteiger partial charge in [-0.2, -0.15) is 0 Å². The summed E-state index contributed by atoms with van der Waals surface area (Å²) >= 11 is 0. The number of benzene rings is 1. The third-order valence-electron chi connectivity index (χ3n) is 3.26. The molecule has 4 nitrogen and oxygen atoms in total. The molecule has 19 heavy (non-hydrogen) atoms. The molecular weight excluding hydrogens is 240 g/mol. The minimum absolute atomic E-state index is 0.0141. The molecule has 0 aromatic heterocycles. The Bertz CT molecular complexity index is 413. The first-order valence-electron chi connectivity index (χ1n) is 6.51. The molecule has 1 rings (SSSR count). The summed E-state index contributed by atoms with van der Waals surface area (Å²) < 4.78 is 5.05. The van der Waals surface area contributed by atoms with E-state index in [1.54, 1.807) is 7.11 Å². The van der Waals surface area contributed by atoms with Gasteiger partial charge in [0, 0.05) is 19.3 Å². The van der Waals surface area contributed by atoms with Crippen molar-refractivity contribution in [2.24, 2.45) is 5.92 Å². The van der Waals surface area contributed by atoms with E-state index in [9.17, 15) is 4.79 Å². The van der Waals surface area contributed by atoms with E-state index in [2.05, 4.69) is 5.32 Å². The molecule has 1 amide bonds. The normalized spacial score (nSPS) is 13.1. The molecule has 3 N–H and O–H groups in total. The zero-order chi connectivity index (χ0) is 14.5. The number of amides is 1. The molecule has 0 aliphatic rings. The van der Waals surface area contributed by atoms with Crippen molar-refractivity contribution in [3.8, 4) is 0 Å². The van der Waals surface area contributed by atoms with Crippen LogP contribution in [0.4, 0.5) is 5.69 Å². The molecule has 0 heterocycles. The largest absolute Gasteiger partial charge is 0.399 e. The highest BCUT2D eigenvalue weighted by Crippen LogP contribution is 2.24. The van der Waals surface area contributed by atoms with Crippen LogP contribution in [0.3, 0.4) is 0 Å². The SMILES string of the molecule is COCC(C)CNC(=O)C(C)(C)c1ccc(N)cc1. The fourth-order valence-corrected chi connectivity index (χ4v) is 1.86. The van der Waals surface area contributed by atoms with Crippen molar-refractivity contribution in [2.75, 3.05) is 26.0 Å². The molecule has 4 heteroatoms. The summed E-state index contributed by atoms with van der Waals surface area (Å²) in [5, 5.41) is 2.97. The van der Waals surface area contributed by atoms with Gasteiger partial charge in [-0.3, -0.25) is 4.79 Å². The molecule has 1 aromatic rings. The Morgan fingerprint density at radius 3 is 2.47 bits per heavy atom. The summed E-state index contributed by atoms with van der Waals surface area (Å²) in [7, 11) is 1.66. The summed E-state index contributed by atoms with van der Waals surface area (Å²) in [4.78, 5) is 12.3. The van der Waals surface area contributed by atoms with Crippen LogP contribution in [0.1, 0.15) is 26.3 Å². The van der Waals surface area contributed by atoms with Gasteiger partial charge in [0.25, 0.3) is 0 Å². The molecule has 0 saturated heterocycles. The number of nitrogens with one attached hydrogen (secondary N) is 1. The van der Waals surface area contributed by atoms with Crippen LogP contribution in [0.25, 0.3) is 0 Å². The van der Waals surface area contributed by atoms with Gasteiger partial charge in [0.1, 0.15) is 0 Å². The number of nitrogen functional groups attached to an aromatic ring is 1. The molecule has 0 bridgehead atoms. The van der Waals surface area contributed by atoms with Crippen molar-refractivity contribution < 1.29 is 9.53 Å². The molecule has 1 atom stereocenters. The predicted octanol–water partition coefficient (Wildman–Crippen LogP) is 1.95. The highest BCUT2D eigenvalue weighted by molar-refractivity contribution is 5.87. The number of hydrogen-bond donors (Lipinski definition) is 2. The van der Waals surface area contributed by atoms with Crippen LogP contribution in [-0.2, 0) is 14.9 Å². The lowest BCUT2D eigenvalue weighted by atomic mass is 9.83. The van der Waals surface area contributed by atoms with Gasteiger partial charge in [-0.25, -0.2) is 0 Å². The van der Waals surface area contributed by atoms with E-state index >= 15 is 0 Å².